The van der Waals surface area contributed by atoms with Gasteiger partial charge in [-0.05, 0) is 24.6 Å². The van der Waals surface area contributed by atoms with Crippen molar-refractivity contribution in [3.05, 3.63) is 29.6 Å². The van der Waals surface area contributed by atoms with E-state index >= 15 is 0 Å². The summed E-state index contributed by atoms with van der Waals surface area (Å²) in [6.07, 6.45) is 0.457. The molecule has 0 fully saturated rings. The van der Waals surface area contributed by atoms with Crippen LogP contribution in [0.1, 0.15) is 23.7 Å². The lowest BCUT2D eigenvalue weighted by molar-refractivity contribution is -0.117. The van der Waals surface area contributed by atoms with Crippen LogP contribution in [0.3, 0.4) is 0 Å². The minimum atomic E-state index is -1.39. The molecule has 0 aliphatic rings. The Morgan fingerprint density at radius 1 is 1.53 bits per heavy atom. The predicted molar refractivity (Wildman–Crippen MR) is 60.3 cm³/mol. The summed E-state index contributed by atoms with van der Waals surface area (Å²) in [4.78, 5) is 22.1. The van der Waals surface area contributed by atoms with Crippen LogP contribution in [0.5, 0.6) is 0 Å². The fraction of sp³-hybridized carbons (Fsp3) is 0.273. The first-order chi connectivity index (χ1) is 7.95. The van der Waals surface area contributed by atoms with E-state index in [-0.39, 0.29) is 5.69 Å². The van der Waals surface area contributed by atoms with E-state index in [0.717, 1.165) is 12.1 Å². The topological polar surface area (TPSA) is 92.4 Å². The predicted octanol–water partition coefficient (Wildman–Crippen LogP) is 1.20. The number of nitrogens with one attached hydrogen (secondary N) is 1. The number of aromatic carboxylic acids is 1. The van der Waals surface area contributed by atoms with Gasteiger partial charge in [0.1, 0.15) is 5.82 Å². The van der Waals surface area contributed by atoms with Crippen molar-refractivity contribution in [1.29, 1.82) is 0 Å². The van der Waals surface area contributed by atoms with Crippen LogP contribution in [-0.2, 0) is 4.79 Å². The van der Waals surface area contributed by atoms with E-state index < -0.39 is 29.3 Å². The number of anilines is 1. The summed E-state index contributed by atoms with van der Waals surface area (Å²) >= 11 is 0. The standard InChI is InChI=1S/C11H13FN2O3/c1-2-9(13)10(15)14-6-3-4-8(12)7(5-6)11(16)17/h3-5,9H,2,13H2,1H3,(H,14,15)(H,16,17)/t9-/m0/s1. The van der Waals surface area contributed by atoms with E-state index in [1.54, 1.807) is 6.92 Å². The molecular formula is C11H13FN2O3. The van der Waals surface area contributed by atoms with Crippen molar-refractivity contribution < 1.29 is 19.1 Å². The highest BCUT2D eigenvalue weighted by molar-refractivity contribution is 5.96. The molecule has 4 N–H and O–H groups in total. The number of carboxylic acids is 1. The molecule has 1 aromatic rings. The smallest absolute Gasteiger partial charge is 0.338 e. The SMILES string of the molecule is CC[C@H](N)C(=O)Nc1ccc(F)c(C(=O)O)c1. The Morgan fingerprint density at radius 2 is 2.18 bits per heavy atom. The van der Waals surface area contributed by atoms with E-state index in [1.165, 1.54) is 6.07 Å². The molecule has 6 heteroatoms. The number of hydrogen-bond acceptors (Lipinski definition) is 3. The maximum atomic E-state index is 13.1. The minimum Gasteiger partial charge on any atom is -0.478 e. The molecule has 0 heterocycles. The van der Waals surface area contributed by atoms with Gasteiger partial charge in [-0.2, -0.15) is 0 Å². The summed E-state index contributed by atoms with van der Waals surface area (Å²) < 4.78 is 13.1. The molecule has 0 aromatic heterocycles. The summed E-state index contributed by atoms with van der Waals surface area (Å²) in [6.45, 7) is 1.75. The van der Waals surface area contributed by atoms with Crippen molar-refractivity contribution in [3.63, 3.8) is 0 Å². The highest BCUT2D eigenvalue weighted by Crippen LogP contribution is 2.15. The van der Waals surface area contributed by atoms with Gasteiger partial charge in [-0.25, -0.2) is 9.18 Å². The van der Waals surface area contributed by atoms with Gasteiger partial charge < -0.3 is 16.2 Å². The Labute approximate surface area is 97.4 Å². The Bertz CT molecular complexity index is 448. The van der Waals surface area contributed by atoms with E-state index in [2.05, 4.69) is 5.32 Å². The van der Waals surface area contributed by atoms with E-state index in [9.17, 15) is 14.0 Å². The zero-order valence-electron chi connectivity index (χ0n) is 9.24. The lowest BCUT2D eigenvalue weighted by Crippen LogP contribution is -2.34. The highest BCUT2D eigenvalue weighted by atomic mass is 19.1. The fourth-order valence-electron chi connectivity index (χ4n) is 1.19. The van der Waals surface area contributed by atoms with Crippen LogP contribution >= 0.6 is 0 Å². The Hall–Kier alpha value is -1.95. The molecule has 17 heavy (non-hydrogen) atoms. The molecule has 0 saturated carbocycles. The van der Waals surface area contributed by atoms with Crippen molar-refractivity contribution in [2.24, 2.45) is 5.73 Å². The van der Waals surface area contributed by atoms with Crippen LogP contribution in [0.25, 0.3) is 0 Å². The lowest BCUT2D eigenvalue weighted by atomic mass is 10.1. The van der Waals surface area contributed by atoms with Crippen molar-refractivity contribution in [3.8, 4) is 0 Å². The van der Waals surface area contributed by atoms with Gasteiger partial charge >= 0.3 is 5.97 Å². The van der Waals surface area contributed by atoms with Gasteiger partial charge in [0.15, 0.2) is 0 Å². The van der Waals surface area contributed by atoms with Gasteiger partial charge in [0.05, 0.1) is 11.6 Å². The molecule has 0 radical (unpaired) electrons. The van der Waals surface area contributed by atoms with Crippen LogP contribution in [0.15, 0.2) is 18.2 Å². The zero-order valence-corrected chi connectivity index (χ0v) is 9.24. The molecule has 0 unspecified atom stereocenters. The zero-order chi connectivity index (χ0) is 13.0. The fourth-order valence-corrected chi connectivity index (χ4v) is 1.19. The second kappa shape index (κ2) is 5.40. The molecule has 0 aliphatic heterocycles. The first kappa shape index (κ1) is 13.1. The number of amides is 1. The number of carbonyl (C=O) groups excluding carboxylic acids is 1. The average Bonchev–Trinajstić information content (AvgIpc) is 2.30. The van der Waals surface area contributed by atoms with Gasteiger partial charge in [0, 0.05) is 5.69 Å². The Balaban J connectivity index is 2.90. The van der Waals surface area contributed by atoms with Crippen molar-refractivity contribution in [2.75, 3.05) is 5.32 Å². The van der Waals surface area contributed by atoms with Crippen LogP contribution in [0.4, 0.5) is 10.1 Å². The van der Waals surface area contributed by atoms with Crippen LogP contribution < -0.4 is 11.1 Å². The summed E-state index contributed by atoms with van der Waals surface area (Å²) in [5, 5.41) is 11.1. The van der Waals surface area contributed by atoms with Crippen molar-refractivity contribution in [1.82, 2.24) is 0 Å². The van der Waals surface area contributed by atoms with E-state index in [4.69, 9.17) is 10.8 Å². The summed E-state index contributed by atoms with van der Waals surface area (Å²) in [5.74, 6) is -2.68. The van der Waals surface area contributed by atoms with Crippen LogP contribution in [0, 0.1) is 5.82 Å². The second-order valence-corrected chi connectivity index (χ2v) is 3.50. The molecule has 1 aromatic carbocycles. The Morgan fingerprint density at radius 3 is 2.71 bits per heavy atom. The summed E-state index contributed by atoms with van der Waals surface area (Å²) in [6, 6.07) is 2.64. The number of nitrogens with two attached hydrogens (primary N) is 1. The number of carbonyl (C=O) groups is 2. The maximum Gasteiger partial charge on any atom is 0.338 e. The molecule has 1 atom stereocenters. The average molecular weight is 240 g/mol. The number of rotatable bonds is 4. The second-order valence-electron chi connectivity index (χ2n) is 3.50. The first-order valence-electron chi connectivity index (χ1n) is 5.05. The number of hydrogen-bond donors (Lipinski definition) is 3. The molecule has 0 bridgehead atoms. The van der Waals surface area contributed by atoms with Crippen molar-refractivity contribution >= 4 is 17.6 Å². The molecule has 0 saturated heterocycles. The van der Waals surface area contributed by atoms with Crippen LogP contribution in [0.2, 0.25) is 0 Å². The maximum absolute atomic E-state index is 13.1. The Kier molecular flexibility index (Phi) is 4.17. The number of benzene rings is 1. The molecule has 1 rings (SSSR count). The van der Waals surface area contributed by atoms with E-state index in [1.807, 2.05) is 0 Å². The largest absolute Gasteiger partial charge is 0.478 e. The summed E-state index contributed by atoms with van der Waals surface area (Å²) in [7, 11) is 0. The van der Waals surface area contributed by atoms with Crippen LogP contribution in [-0.4, -0.2) is 23.0 Å². The van der Waals surface area contributed by atoms with Gasteiger partial charge in [0.25, 0.3) is 0 Å². The molecule has 5 nitrogen and oxygen atoms in total. The molecule has 0 aliphatic carbocycles. The van der Waals surface area contributed by atoms with Gasteiger partial charge in [0.2, 0.25) is 5.91 Å². The third-order valence-electron chi connectivity index (χ3n) is 2.24. The number of carboxylic acid groups (broad SMARTS) is 1. The highest BCUT2D eigenvalue weighted by Gasteiger charge is 2.14. The van der Waals surface area contributed by atoms with Gasteiger partial charge in [-0.15, -0.1) is 0 Å². The normalized spacial score (nSPS) is 11.9. The third-order valence-corrected chi connectivity index (χ3v) is 2.24. The lowest BCUT2D eigenvalue weighted by Gasteiger charge is -2.10. The quantitative estimate of drug-likeness (QED) is 0.737. The van der Waals surface area contributed by atoms with Gasteiger partial charge in [-0.1, -0.05) is 6.92 Å². The van der Waals surface area contributed by atoms with E-state index in [0.29, 0.717) is 6.42 Å². The monoisotopic (exact) mass is 240 g/mol. The molecule has 92 valence electrons. The molecular weight excluding hydrogens is 227 g/mol. The first-order valence-corrected chi connectivity index (χ1v) is 5.05. The van der Waals surface area contributed by atoms with Crippen molar-refractivity contribution in [2.45, 2.75) is 19.4 Å². The third kappa shape index (κ3) is 3.25. The molecule has 1 amide bonds. The minimum absolute atomic E-state index is 0.206. The van der Waals surface area contributed by atoms with Gasteiger partial charge in [-0.3, -0.25) is 4.79 Å². The number of halogens is 1. The molecule has 0 spiro atoms. The summed E-state index contributed by atoms with van der Waals surface area (Å²) in [5.41, 5.74) is 5.20.